The summed E-state index contributed by atoms with van der Waals surface area (Å²) in [6, 6.07) is 12.6. The number of ether oxygens (including phenoxy) is 3. The Kier molecular flexibility index (Phi) is 7.44. The molecule has 1 aliphatic rings. The minimum Gasteiger partial charge on any atom is -0.493 e. The molecule has 2 aromatic carbocycles. The first-order valence-corrected chi connectivity index (χ1v) is 10.8. The summed E-state index contributed by atoms with van der Waals surface area (Å²) in [5, 5.41) is 9.41. The highest BCUT2D eigenvalue weighted by Crippen LogP contribution is 2.43. The van der Waals surface area contributed by atoms with Gasteiger partial charge in [0.05, 0.1) is 33.3 Å². The van der Waals surface area contributed by atoms with Crippen LogP contribution in [0.15, 0.2) is 36.4 Å². The second-order valence-corrected chi connectivity index (χ2v) is 8.33. The Morgan fingerprint density at radius 1 is 0.903 bits per heavy atom. The molecule has 31 heavy (non-hydrogen) atoms. The molecule has 1 atom stereocenters. The van der Waals surface area contributed by atoms with Crippen molar-refractivity contribution in [2.75, 3.05) is 34.4 Å². The SMILES string of the molecule is COc1cc(C(c2ccc(C(C)C)cc2)N2CCC(C(=O)O)CC2)cc(OC)c1OC. The van der Waals surface area contributed by atoms with Crippen LogP contribution in [0.4, 0.5) is 0 Å². The molecule has 0 spiro atoms. The molecule has 1 N–H and O–H groups in total. The molecule has 168 valence electrons. The van der Waals surface area contributed by atoms with Gasteiger partial charge in [0.2, 0.25) is 5.75 Å². The Hall–Kier alpha value is -2.73. The number of hydrogen-bond donors (Lipinski definition) is 1. The Morgan fingerprint density at radius 3 is 1.84 bits per heavy atom. The molecule has 1 heterocycles. The number of methoxy groups -OCH3 is 3. The van der Waals surface area contributed by atoms with Crippen LogP contribution in [0.1, 0.15) is 55.3 Å². The number of rotatable bonds is 8. The lowest BCUT2D eigenvalue weighted by Crippen LogP contribution is -2.39. The molecule has 0 bridgehead atoms. The van der Waals surface area contributed by atoms with E-state index in [0.29, 0.717) is 49.1 Å². The lowest BCUT2D eigenvalue weighted by atomic mass is 9.90. The van der Waals surface area contributed by atoms with Gasteiger partial charge in [-0.25, -0.2) is 0 Å². The van der Waals surface area contributed by atoms with Crippen LogP contribution >= 0.6 is 0 Å². The van der Waals surface area contributed by atoms with Crippen LogP contribution in [-0.2, 0) is 4.79 Å². The fourth-order valence-corrected chi connectivity index (χ4v) is 4.34. The standard InChI is InChI=1S/C25H33NO5/c1-16(2)17-6-8-18(9-7-17)23(26-12-10-19(11-13-26)25(27)28)20-14-21(29-3)24(31-5)22(15-20)30-4/h6-9,14-16,19,23H,10-13H2,1-5H3,(H,27,28). The number of benzene rings is 2. The Balaban J connectivity index is 2.05. The second-order valence-electron chi connectivity index (χ2n) is 8.33. The zero-order valence-corrected chi connectivity index (χ0v) is 19.1. The van der Waals surface area contributed by atoms with Crippen LogP contribution in [0, 0.1) is 5.92 Å². The van der Waals surface area contributed by atoms with Gasteiger partial charge in [-0.05, 0) is 60.7 Å². The Bertz CT molecular complexity index is 860. The number of piperidine rings is 1. The third-order valence-electron chi connectivity index (χ3n) is 6.17. The monoisotopic (exact) mass is 427 g/mol. The molecule has 0 radical (unpaired) electrons. The Morgan fingerprint density at radius 2 is 1.42 bits per heavy atom. The molecule has 0 aromatic heterocycles. The van der Waals surface area contributed by atoms with Crippen molar-refractivity contribution in [3.63, 3.8) is 0 Å². The maximum Gasteiger partial charge on any atom is 0.306 e. The van der Waals surface area contributed by atoms with Crippen molar-refractivity contribution >= 4 is 5.97 Å². The van der Waals surface area contributed by atoms with E-state index >= 15 is 0 Å². The van der Waals surface area contributed by atoms with Crippen LogP contribution in [-0.4, -0.2) is 50.4 Å². The van der Waals surface area contributed by atoms with Crippen molar-refractivity contribution in [2.24, 2.45) is 5.92 Å². The normalized spacial score (nSPS) is 16.2. The smallest absolute Gasteiger partial charge is 0.306 e. The molecule has 1 aliphatic heterocycles. The largest absolute Gasteiger partial charge is 0.493 e. The molecular formula is C25H33NO5. The van der Waals surface area contributed by atoms with Crippen LogP contribution in [0.2, 0.25) is 0 Å². The highest BCUT2D eigenvalue weighted by molar-refractivity contribution is 5.70. The molecule has 3 rings (SSSR count). The number of carboxylic acids is 1. The average Bonchev–Trinajstić information content (AvgIpc) is 2.79. The van der Waals surface area contributed by atoms with Gasteiger partial charge in [-0.2, -0.15) is 0 Å². The summed E-state index contributed by atoms with van der Waals surface area (Å²) in [7, 11) is 4.83. The fourth-order valence-electron chi connectivity index (χ4n) is 4.34. The van der Waals surface area contributed by atoms with E-state index < -0.39 is 5.97 Å². The second kappa shape index (κ2) is 10.1. The first-order chi connectivity index (χ1) is 14.9. The lowest BCUT2D eigenvalue weighted by Gasteiger charge is -2.37. The predicted octanol–water partition coefficient (Wildman–Crippen LogP) is 4.72. The maximum atomic E-state index is 11.4. The molecular weight excluding hydrogens is 394 g/mol. The van der Waals surface area contributed by atoms with E-state index in [0.717, 1.165) is 11.1 Å². The molecule has 0 aliphatic carbocycles. The van der Waals surface area contributed by atoms with E-state index in [1.807, 2.05) is 12.1 Å². The van der Waals surface area contributed by atoms with Gasteiger partial charge in [0.1, 0.15) is 0 Å². The average molecular weight is 428 g/mol. The van der Waals surface area contributed by atoms with E-state index in [9.17, 15) is 9.90 Å². The summed E-state index contributed by atoms with van der Waals surface area (Å²) < 4.78 is 16.7. The Labute approximate surface area is 184 Å². The van der Waals surface area contributed by atoms with Gasteiger partial charge in [-0.1, -0.05) is 38.1 Å². The van der Waals surface area contributed by atoms with Crippen molar-refractivity contribution < 1.29 is 24.1 Å². The van der Waals surface area contributed by atoms with Gasteiger partial charge < -0.3 is 19.3 Å². The minimum absolute atomic E-state index is 0.0373. The van der Waals surface area contributed by atoms with E-state index in [1.54, 1.807) is 21.3 Å². The van der Waals surface area contributed by atoms with Crippen LogP contribution < -0.4 is 14.2 Å². The minimum atomic E-state index is -0.703. The highest BCUT2D eigenvalue weighted by atomic mass is 16.5. The zero-order valence-electron chi connectivity index (χ0n) is 19.1. The molecule has 6 nitrogen and oxygen atoms in total. The number of hydrogen-bond acceptors (Lipinski definition) is 5. The first kappa shape index (κ1) is 22.9. The summed E-state index contributed by atoms with van der Waals surface area (Å²) in [5.41, 5.74) is 3.48. The van der Waals surface area contributed by atoms with Crippen LogP contribution in [0.3, 0.4) is 0 Å². The van der Waals surface area contributed by atoms with Gasteiger partial charge in [0.15, 0.2) is 11.5 Å². The highest BCUT2D eigenvalue weighted by Gasteiger charge is 2.31. The number of carbonyl (C=O) groups is 1. The molecule has 1 saturated heterocycles. The third kappa shape index (κ3) is 4.96. The lowest BCUT2D eigenvalue weighted by molar-refractivity contribution is -0.143. The van der Waals surface area contributed by atoms with Crippen molar-refractivity contribution in [3.8, 4) is 17.2 Å². The van der Waals surface area contributed by atoms with E-state index in [1.165, 1.54) is 5.56 Å². The van der Waals surface area contributed by atoms with Gasteiger partial charge in [0, 0.05) is 0 Å². The predicted molar refractivity (Wildman–Crippen MR) is 120 cm³/mol. The van der Waals surface area contributed by atoms with Crippen molar-refractivity contribution in [2.45, 2.75) is 38.6 Å². The van der Waals surface area contributed by atoms with Gasteiger partial charge in [-0.15, -0.1) is 0 Å². The molecule has 1 fully saturated rings. The topological polar surface area (TPSA) is 68.2 Å². The number of aliphatic carboxylic acids is 1. The van der Waals surface area contributed by atoms with Crippen molar-refractivity contribution in [1.29, 1.82) is 0 Å². The van der Waals surface area contributed by atoms with E-state index in [2.05, 4.69) is 43.0 Å². The van der Waals surface area contributed by atoms with Gasteiger partial charge in [-0.3, -0.25) is 9.69 Å². The first-order valence-electron chi connectivity index (χ1n) is 10.8. The van der Waals surface area contributed by atoms with E-state index in [4.69, 9.17) is 14.2 Å². The number of likely N-dealkylation sites (tertiary alicyclic amines) is 1. The van der Waals surface area contributed by atoms with Gasteiger partial charge in [0.25, 0.3) is 0 Å². The summed E-state index contributed by atoms with van der Waals surface area (Å²) in [5.74, 6) is 1.26. The van der Waals surface area contributed by atoms with Crippen molar-refractivity contribution in [1.82, 2.24) is 4.90 Å². The summed E-state index contributed by atoms with van der Waals surface area (Å²) in [4.78, 5) is 13.8. The van der Waals surface area contributed by atoms with Crippen LogP contribution in [0.5, 0.6) is 17.2 Å². The van der Waals surface area contributed by atoms with E-state index in [-0.39, 0.29) is 12.0 Å². The van der Waals surface area contributed by atoms with Gasteiger partial charge >= 0.3 is 5.97 Å². The zero-order chi connectivity index (χ0) is 22.5. The molecule has 1 unspecified atom stereocenters. The quantitative estimate of drug-likeness (QED) is 0.657. The molecule has 0 saturated carbocycles. The molecule has 6 heteroatoms. The third-order valence-corrected chi connectivity index (χ3v) is 6.17. The molecule has 2 aromatic rings. The number of nitrogens with zero attached hydrogens (tertiary/aromatic N) is 1. The fraction of sp³-hybridized carbons (Fsp3) is 0.480. The van der Waals surface area contributed by atoms with Crippen molar-refractivity contribution in [3.05, 3.63) is 53.1 Å². The van der Waals surface area contributed by atoms with Crippen LogP contribution in [0.25, 0.3) is 0 Å². The summed E-state index contributed by atoms with van der Waals surface area (Å²) in [6.45, 7) is 5.79. The summed E-state index contributed by atoms with van der Waals surface area (Å²) >= 11 is 0. The number of carboxylic acid groups (broad SMARTS) is 1. The summed E-state index contributed by atoms with van der Waals surface area (Å²) in [6.07, 6.45) is 1.28. The molecule has 0 amide bonds. The maximum absolute atomic E-state index is 11.4.